The fraction of sp³-hybridized carbons (Fsp3) is 0.438. The summed E-state index contributed by atoms with van der Waals surface area (Å²) in [5.74, 6) is 0.929. The molecule has 108 valence electrons. The molecule has 1 heterocycles. The van der Waals surface area contributed by atoms with Crippen molar-refractivity contribution in [3.05, 3.63) is 51.3 Å². The lowest BCUT2D eigenvalue weighted by Crippen LogP contribution is -2.10. The lowest BCUT2D eigenvalue weighted by Gasteiger charge is -2.16. The third kappa shape index (κ3) is 3.26. The highest BCUT2D eigenvalue weighted by Gasteiger charge is 2.18. The zero-order chi connectivity index (χ0) is 14.7. The lowest BCUT2D eigenvalue weighted by molar-refractivity contribution is 0.594. The number of aromatic nitrogens is 2. The topological polar surface area (TPSA) is 17.8 Å². The maximum atomic E-state index is 6.21. The summed E-state index contributed by atoms with van der Waals surface area (Å²) in [6.45, 7) is 7.14. The standard InChI is InChI=1S/C16H20BrClN2/c1-4-20-15(16(17)12(3)19-20)9-14(10-18)13-7-5-6-11(2)8-13/h5-8,14H,4,9-10H2,1-3H3. The summed E-state index contributed by atoms with van der Waals surface area (Å²) in [5, 5.41) is 4.55. The summed E-state index contributed by atoms with van der Waals surface area (Å²) in [4.78, 5) is 0. The second-order valence-corrected chi connectivity index (χ2v) is 6.23. The Bertz CT molecular complexity index is 592. The van der Waals surface area contributed by atoms with E-state index in [-0.39, 0.29) is 0 Å². The molecule has 0 aliphatic rings. The Morgan fingerprint density at radius 2 is 2.10 bits per heavy atom. The first-order valence-corrected chi connectivity index (χ1v) is 8.23. The van der Waals surface area contributed by atoms with E-state index in [4.69, 9.17) is 11.6 Å². The minimum Gasteiger partial charge on any atom is -0.268 e. The lowest BCUT2D eigenvalue weighted by atomic mass is 9.94. The van der Waals surface area contributed by atoms with Crippen LogP contribution in [0.25, 0.3) is 0 Å². The summed E-state index contributed by atoms with van der Waals surface area (Å²) in [6, 6.07) is 8.60. The van der Waals surface area contributed by atoms with Crippen molar-refractivity contribution in [3.8, 4) is 0 Å². The Hall–Kier alpha value is -0.800. The molecule has 1 aromatic carbocycles. The van der Waals surface area contributed by atoms with Crippen molar-refractivity contribution in [2.45, 2.75) is 39.7 Å². The maximum absolute atomic E-state index is 6.21. The number of halogens is 2. The number of alkyl halides is 1. The third-order valence-electron chi connectivity index (χ3n) is 3.59. The molecular formula is C16H20BrClN2. The predicted octanol–water partition coefficient (Wildman–Crippen LogP) is 4.85. The van der Waals surface area contributed by atoms with Gasteiger partial charge in [-0.25, -0.2) is 0 Å². The quantitative estimate of drug-likeness (QED) is 0.701. The Morgan fingerprint density at radius 1 is 1.35 bits per heavy atom. The van der Waals surface area contributed by atoms with Crippen LogP contribution in [0.15, 0.2) is 28.7 Å². The first-order valence-electron chi connectivity index (χ1n) is 6.91. The van der Waals surface area contributed by atoms with Crippen LogP contribution < -0.4 is 0 Å². The van der Waals surface area contributed by atoms with E-state index in [9.17, 15) is 0 Å². The Kier molecular flexibility index (Phi) is 5.28. The maximum Gasteiger partial charge on any atom is 0.0738 e. The van der Waals surface area contributed by atoms with Crippen molar-refractivity contribution in [2.75, 3.05) is 5.88 Å². The van der Waals surface area contributed by atoms with Gasteiger partial charge in [0, 0.05) is 18.3 Å². The predicted molar refractivity (Wildman–Crippen MR) is 88.7 cm³/mol. The molecule has 1 aromatic heterocycles. The molecule has 1 atom stereocenters. The summed E-state index contributed by atoms with van der Waals surface area (Å²) in [5.41, 5.74) is 4.85. The van der Waals surface area contributed by atoms with Gasteiger partial charge in [-0.05, 0) is 48.7 Å². The molecule has 0 aliphatic carbocycles. The summed E-state index contributed by atoms with van der Waals surface area (Å²) in [6.07, 6.45) is 0.905. The summed E-state index contributed by atoms with van der Waals surface area (Å²) in [7, 11) is 0. The third-order valence-corrected chi connectivity index (χ3v) is 5.00. The van der Waals surface area contributed by atoms with E-state index in [1.165, 1.54) is 16.8 Å². The number of nitrogens with zero attached hydrogens (tertiary/aromatic N) is 2. The van der Waals surface area contributed by atoms with Crippen LogP contribution in [0, 0.1) is 13.8 Å². The fourth-order valence-electron chi connectivity index (χ4n) is 2.48. The molecule has 2 rings (SSSR count). The Morgan fingerprint density at radius 3 is 2.70 bits per heavy atom. The van der Waals surface area contributed by atoms with E-state index in [2.05, 4.69) is 63.8 Å². The first-order chi connectivity index (χ1) is 9.56. The van der Waals surface area contributed by atoms with Crippen molar-refractivity contribution >= 4 is 27.5 Å². The molecule has 0 radical (unpaired) electrons. The number of benzene rings is 1. The number of hydrogen-bond donors (Lipinski definition) is 0. The van der Waals surface area contributed by atoms with E-state index in [0.717, 1.165) is 23.1 Å². The average molecular weight is 356 g/mol. The van der Waals surface area contributed by atoms with Gasteiger partial charge in [0.05, 0.1) is 15.9 Å². The van der Waals surface area contributed by atoms with Gasteiger partial charge < -0.3 is 0 Å². The molecule has 2 aromatic rings. The van der Waals surface area contributed by atoms with Gasteiger partial charge in [-0.2, -0.15) is 5.10 Å². The molecule has 4 heteroatoms. The fourth-order valence-corrected chi connectivity index (χ4v) is 3.22. The highest BCUT2D eigenvalue weighted by molar-refractivity contribution is 9.10. The second-order valence-electron chi connectivity index (χ2n) is 5.13. The molecule has 0 saturated carbocycles. The van der Waals surface area contributed by atoms with Gasteiger partial charge in [0.1, 0.15) is 0 Å². The summed E-state index contributed by atoms with van der Waals surface area (Å²) < 4.78 is 3.18. The highest BCUT2D eigenvalue weighted by atomic mass is 79.9. The molecule has 0 amide bonds. The number of hydrogen-bond acceptors (Lipinski definition) is 1. The van der Waals surface area contributed by atoms with Crippen molar-refractivity contribution in [3.63, 3.8) is 0 Å². The Balaban J connectivity index is 2.31. The molecule has 2 nitrogen and oxygen atoms in total. The van der Waals surface area contributed by atoms with E-state index in [1.807, 2.05) is 6.92 Å². The van der Waals surface area contributed by atoms with Gasteiger partial charge in [0.25, 0.3) is 0 Å². The minimum atomic E-state index is 0.314. The van der Waals surface area contributed by atoms with Crippen molar-refractivity contribution in [2.24, 2.45) is 0 Å². The molecule has 0 N–H and O–H groups in total. The molecule has 0 saturated heterocycles. The van der Waals surface area contributed by atoms with Crippen LogP contribution >= 0.6 is 27.5 Å². The summed E-state index contributed by atoms with van der Waals surface area (Å²) >= 11 is 9.87. The van der Waals surface area contributed by atoms with Crippen LogP contribution in [0.1, 0.15) is 35.4 Å². The molecule has 1 unspecified atom stereocenters. The highest BCUT2D eigenvalue weighted by Crippen LogP contribution is 2.29. The molecule has 0 fully saturated rings. The monoisotopic (exact) mass is 354 g/mol. The van der Waals surface area contributed by atoms with Gasteiger partial charge in [-0.1, -0.05) is 29.8 Å². The number of aryl methyl sites for hydroxylation is 3. The number of rotatable bonds is 5. The zero-order valence-electron chi connectivity index (χ0n) is 12.2. The van der Waals surface area contributed by atoms with Crippen molar-refractivity contribution in [1.29, 1.82) is 0 Å². The minimum absolute atomic E-state index is 0.314. The van der Waals surface area contributed by atoms with Gasteiger partial charge in [0.2, 0.25) is 0 Å². The van der Waals surface area contributed by atoms with Gasteiger partial charge in [-0.3, -0.25) is 4.68 Å². The van der Waals surface area contributed by atoms with E-state index >= 15 is 0 Å². The normalized spacial score (nSPS) is 12.7. The van der Waals surface area contributed by atoms with Gasteiger partial charge >= 0.3 is 0 Å². The average Bonchev–Trinajstić information content (AvgIpc) is 2.71. The molecule has 0 bridgehead atoms. The van der Waals surface area contributed by atoms with Crippen LogP contribution in [-0.2, 0) is 13.0 Å². The van der Waals surface area contributed by atoms with Gasteiger partial charge in [0.15, 0.2) is 0 Å². The van der Waals surface area contributed by atoms with Crippen molar-refractivity contribution < 1.29 is 0 Å². The smallest absolute Gasteiger partial charge is 0.0738 e. The molecule has 20 heavy (non-hydrogen) atoms. The van der Waals surface area contributed by atoms with Crippen LogP contribution in [0.5, 0.6) is 0 Å². The van der Waals surface area contributed by atoms with Crippen LogP contribution in [0.3, 0.4) is 0 Å². The van der Waals surface area contributed by atoms with E-state index in [1.54, 1.807) is 0 Å². The van der Waals surface area contributed by atoms with E-state index in [0.29, 0.717) is 11.8 Å². The molecular weight excluding hydrogens is 336 g/mol. The second kappa shape index (κ2) is 6.77. The SMILES string of the molecule is CCn1nc(C)c(Br)c1CC(CCl)c1cccc(C)c1. The molecule has 0 spiro atoms. The largest absolute Gasteiger partial charge is 0.268 e. The first kappa shape index (κ1) is 15.6. The van der Waals surface area contributed by atoms with Crippen LogP contribution in [-0.4, -0.2) is 15.7 Å². The Labute approximate surface area is 134 Å². The molecule has 0 aliphatic heterocycles. The van der Waals surface area contributed by atoms with Crippen LogP contribution in [0.4, 0.5) is 0 Å². The zero-order valence-corrected chi connectivity index (χ0v) is 14.5. The van der Waals surface area contributed by atoms with Crippen molar-refractivity contribution in [1.82, 2.24) is 9.78 Å². The van der Waals surface area contributed by atoms with E-state index < -0.39 is 0 Å². The van der Waals surface area contributed by atoms with Crippen LogP contribution in [0.2, 0.25) is 0 Å². The van der Waals surface area contributed by atoms with Gasteiger partial charge in [-0.15, -0.1) is 11.6 Å².